The van der Waals surface area contributed by atoms with Gasteiger partial charge in [-0.15, -0.1) is 0 Å². The van der Waals surface area contributed by atoms with Gasteiger partial charge in [0.1, 0.15) is 30.5 Å². The number of likely N-dealkylation sites (N-methyl/N-ethyl adjacent to an activating group) is 1. The predicted molar refractivity (Wildman–Crippen MR) is 192 cm³/mol. The number of rotatable bonds is 11. The number of hydrogen-bond donors (Lipinski definition) is 1. The number of aliphatic hydroxyl groups is 1. The van der Waals surface area contributed by atoms with Crippen LogP contribution in [0, 0.1) is 22.7 Å². The number of fused-ring (bicyclic) bond motifs is 5. The summed E-state index contributed by atoms with van der Waals surface area (Å²) in [5.41, 5.74) is -6.01. The monoisotopic (exact) mass is 757 g/mol. The lowest BCUT2D eigenvalue weighted by atomic mass is 9.43. The number of carbonyl (C=O) groups excluding carboxylic acids is 5. The minimum atomic E-state index is -2.16. The second-order valence-corrected chi connectivity index (χ2v) is 16.2. The molecule has 14 heteroatoms. The zero-order chi connectivity index (χ0) is 40.1. The van der Waals surface area contributed by atoms with E-state index in [-0.39, 0.29) is 30.6 Å². The average molecular weight is 758 g/mol. The molecule has 4 aliphatic rings. The van der Waals surface area contributed by atoms with Gasteiger partial charge in [0.2, 0.25) is 0 Å². The van der Waals surface area contributed by atoms with Crippen molar-refractivity contribution >= 4 is 29.7 Å². The highest BCUT2D eigenvalue weighted by atomic mass is 16.6. The highest BCUT2D eigenvalue weighted by molar-refractivity contribution is 5.95. The van der Waals surface area contributed by atoms with Crippen molar-refractivity contribution in [3.8, 4) is 0 Å². The Hall–Kier alpha value is -3.69. The molecule has 1 N–H and O–H groups in total. The van der Waals surface area contributed by atoms with Gasteiger partial charge in [0, 0.05) is 44.4 Å². The fourth-order valence-electron chi connectivity index (χ4n) is 9.40. The van der Waals surface area contributed by atoms with Crippen LogP contribution < -0.4 is 0 Å². The Labute approximate surface area is 316 Å². The summed E-state index contributed by atoms with van der Waals surface area (Å²) in [7, 11) is 6.28. The second kappa shape index (κ2) is 15.1. The number of hydrogen-bond acceptors (Lipinski definition) is 14. The molecule has 0 amide bonds. The molecule has 1 aliphatic heterocycles. The van der Waals surface area contributed by atoms with E-state index >= 15 is 4.79 Å². The summed E-state index contributed by atoms with van der Waals surface area (Å²) in [6.07, 6.45) is -6.19. The maximum absolute atomic E-state index is 15.6. The van der Waals surface area contributed by atoms with E-state index in [2.05, 4.69) is 0 Å². The quantitative estimate of drug-likeness (QED) is 0.198. The van der Waals surface area contributed by atoms with E-state index in [1.165, 1.54) is 21.1 Å². The number of esters is 4. The van der Waals surface area contributed by atoms with Crippen LogP contribution in [0.2, 0.25) is 0 Å². The molecule has 0 spiro atoms. The van der Waals surface area contributed by atoms with Gasteiger partial charge in [0.05, 0.1) is 18.1 Å². The molecule has 5 rings (SSSR count). The Bertz CT molecular complexity index is 1670. The molecular weight excluding hydrogens is 702 g/mol. The molecule has 0 radical (unpaired) electrons. The first-order valence-corrected chi connectivity index (χ1v) is 18.4. The number of ketones is 1. The molecule has 1 aromatic carbocycles. The Morgan fingerprint density at radius 1 is 1.04 bits per heavy atom. The first-order valence-electron chi connectivity index (χ1n) is 18.4. The fraction of sp³-hybridized carbons (Fsp3) is 0.675. The van der Waals surface area contributed by atoms with Crippen LogP contribution in [0.25, 0.3) is 0 Å². The van der Waals surface area contributed by atoms with Crippen LogP contribution in [0.3, 0.4) is 0 Å². The topological polar surface area (TPSA) is 173 Å². The van der Waals surface area contributed by atoms with Crippen molar-refractivity contribution in [3.05, 3.63) is 47.0 Å². The van der Waals surface area contributed by atoms with Crippen LogP contribution in [0.4, 0.5) is 0 Å². The first-order chi connectivity index (χ1) is 25.2. The van der Waals surface area contributed by atoms with E-state index in [1.807, 2.05) is 6.92 Å². The average Bonchev–Trinajstić information content (AvgIpc) is 3.10. The van der Waals surface area contributed by atoms with Gasteiger partial charge < -0.3 is 43.2 Å². The Balaban J connectivity index is 1.82. The Morgan fingerprint density at radius 3 is 2.22 bits per heavy atom. The van der Waals surface area contributed by atoms with Gasteiger partial charge in [-0.2, -0.15) is 0 Å². The third-order valence-electron chi connectivity index (χ3n) is 12.9. The van der Waals surface area contributed by atoms with Gasteiger partial charge in [0.15, 0.2) is 23.6 Å². The largest absolute Gasteiger partial charge is 0.456 e. The summed E-state index contributed by atoms with van der Waals surface area (Å²) < 4.78 is 41.6. The number of carbonyl (C=O) groups is 5. The van der Waals surface area contributed by atoms with Gasteiger partial charge in [-0.1, -0.05) is 45.9 Å². The van der Waals surface area contributed by atoms with Gasteiger partial charge in [0.25, 0.3) is 0 Å². The van der Waals surface area contributed by atoms with Gasteiger partial charge >= 0.3 is 23.9 Å². The predicted octanol–water partition coefficient (Wildman–Crippen LogP) is 3.07. The molecule has 298 valence electrons. The van der Waals surface area contributed by atoms with Gasteiger partial charge in [-0.05, 0) is 63.6 Å². The highest BCUT2D eigenvalue weighted by Crippen LogP contribution is 2.65. The smallest absolute Gasteiger partial charge is 0.338 e. The molecule has 0 aromatic heterocycles. The number of methoxy groups -OCH3 is 2. The molecular formula is C40H55NO13. The fourth-order valence-corrected chi connectivity index (χ4v) is 9.40. The van der Waals surface area contributed by atoms with E-state index in [1.54, 1.807) is 83.9 Å². The molecule has 1 heterocycles. The molecule has 1 aromatic rings. The lowest BCUT2D eigenvalue weighted by Crippen LogP contribution is -2.81. The summed E-state index contributed by atoms with van der Waals surface area (Å²) in [6.45, 7) is 10.9. The first kappa shape index (κ1) is 41.5. The minimum absolute atomic E-state index is 0.153. The van der Waals surface area contributed by atoms with E-state index in [4.69, 9.17) is 33.2 Å². The van der Waals surface area contributed by atoms with Crippen molar-refractivity contribution in [2.75, 3.05) is 41.5 Å². The van der Waals surface area contributed by atoms with Crippen LogP contribution in [0.5, 0.6) is 0 Å². The number of benzene rings is 1. The summed E-state index contributed by atoms with van der Waals surface area (Å²) in [5, 5.41) is 13.6. The lowest BCUT2D eigenvalue weighted by Gasteiger charge is -2.68. The third kappa shape index (κ3) is 6.57. The summed E-state index contributed by atoms with van der Waals surface area (Å²) in [5.74, 6) is -5.36. The van der Waals surface area contributed by atoms with E-state index in [0.717, 1.165) is 0 Å². The molecule has 14 nitrogen and oxygen atoms in total. The third-order valence-corrected chi connectivity index (χ3v) is 12.9. The Kier molecular flexibility index (Phi) is 11.6. The maximum Gasteiger partial charge on any atom is 0.338 e. The van der Waals surface area contributed by atoms with E-state index < -0.39 is 107 Å². The molecule has 9 unspecified atom stereocenters. The molecule has 11 atom stereocenters. The Morgan fingerprint density at radius 2 is 1.69 bits per heavy atom. The normalized spacial score (nSPS) is 35.2. The van der Waals surface area contributed by atoms with Crippen LogP contribution in [0.1, 0.15) is 71.7 Å². The highest BCUT2D eigenvalue weighted by Gasteiger charge is 2.77. The van der Waals surface area contributed by atoms with E-state index in [9.17, 15) is 24.3 Å². The maximum atomic E-state index is 15.6. The van der Waals surface area contributed by atoms with Crippen LogP contribution in [0.15, 0.2) is 41.5 Å². The van der Waals surface area contributed by atoms with Crippen molar-refractivity contribution in [2.24, 2.45) is 22.7 Å². The molecule has 54 heavy (non-hydrogen) atoms. The summed E-state index contributed by atoms with van der Waals surface area (Å²) >= 11 is 0. The van der Waals surface area contributed by atoms with Gasteiger partial charge in [-0.25, -0.2) is 14.4 Å². The van der Waals surface area contributed by atoms with Crippen molar-refractivity contribution in [2.45, 2.75) is 109 Å². The van der Waals surface area contributed by atoms with Crippen LogP contribution >= 0.6 is 0 Å². The van der Waals surface area contributed by atoms with Crippen LogP contribution in [-0.4, -0.2) is 129 Å². The number of nitrogens with zero attached hydrogens (tertiary/aromatic N) is 1. The van der Waals surface area contributed by atoms with Crippen molar-refractivity contribution in [1.82, 2.24) is 4.90 Å². The molecule has 1 saturated heterocycles. The van der Waals surface area contributed by atoms with Crippen molar-refractivity contribution in [1.29, 1.82) is 0 Å². The molecule has 2 saturated carbocycles. The van der Waals surface area contributed by atoms with E-state index in [0.29, 0.717) is 5.57 Å². The standard InChI is InChI=1S/C40H55NO13/c1-21-17-27-39(20-50-27,54-24(4)42)32-34(53-35(45)25-15-13-12-14-16-25)40(47)18-26(51-36(46)30(49-11)23(3)41(8)9)22(2)29(37(40,5)6)31(33(44)38(21,32)7)52-28(43)19-48-10/h12-16,21,23,26-27,30-32,34,47H,17-20H2,1-11H3/t21-,23?,26?,27?,30?,31?,32?,34?,38+,39?,40?/m0/s1. The number of Topliss-reactive ketones (excluding diaryl/α,β-unsaturated/α-hetero) is 1. The second-order valence-electron chi connectivity index (χ2n) is 16.2. The zero-order valence-electron chi connectivity index (χ0n) is 33.1. The van der Waals surface area contributed by atoms with Crippen LogP contribution in [-0.2, 0) is 52.3 Å². The number of ether oxygens (including phenoxy) is 7. The summed E-state index contributed by atoms with van der Waals surface area (Å²) in [4.78, 5) is 71.8. The zero-order valence-corrected chi connectivity index (χ0v) is 33.1. The molecule has 2 bridgehead atoms. The minimum Gasteiger partial charge on any atom is -0.456 e. The summed E-state index contributed by atoms with van der Waals surface area (Å²) in [6, 6.07) is 7.78. The van der Waals surface area contributed by atoms with Gasteiger partial charge in [-0.3, -0.25) is 9.59 Å². The van der Waals surface area contributed by atoms with Crippen molar-refractivity contribution in [3.63, 3.8) is 0 Å². The SMILES string of the molecule is COCC(=O)OC1C(=O)[C@@]2(C)C(C(OC(=O)c3ccccc3)C3(O)CC(OC(=O)C(OC)C(C)N(C)C)C(C)=C1C3(C)C)C1(OC(C)=O)COC1C[C@@H]2C. The molecule has 3 fully saturated rings. The molecule has 3 aliphatic carbocycles. The van der Waals surface area contributed by atoms with Crippen molar-refractivity contribution < 1.29 is 62.2 Å². The lowest BCUT2D eigenvalue weighted by molar-refractivity contribution is -0.340.